The zero-order chi connectivity index (χ0) is 16.4. The lowest BCUT2D eigenvalue weighted by molar-refractivity contribution is 0.0690. The normalized spacial score (nSPS) is 10.5. The lowest BCUT2D eigenvalue weighted by atomic mass is 10.1. The van der Waals surface area contributed by atoms with E-state index in [4.69, 9.17) is 14.6 Å². The zero-order valence-electron chi connectivity index (χ0n) is 12.6. The van der Waals surface area contributed by atoms with Crippen LogP contribution in [-0.4, -0.2) is 35.3 Å². The van der Waals surface area contributed by atoms with E-state index in [-0.39, 0.29) is 5.69 Å². The van der Waals surface area contributed by atoms with E-state index in [1.54, 1.807) is 6.07 Å². The summed E-state index contributed by atoms with van der Waals surface area (Å²) in [5, 5.41) is 10.1. The molecule has 3 aromatic rings. The molecule has 0 bridgehead atoms. The van der Waals surface area contributed by atoms with Crippen molar-refractivity contribution >= 4 is 16.9 Å². The Morgan fingerprint density at radius 3 is 2.52 bits per heavy atom. The molecule has 0 fully saturated rings. The van der Waals surface area contributed by atoms with Gasteiger partial charge in [-0.2, -0.15) is 0 Å². The molecule has 0 spiro atoms. The molecule has 0 atom stereocenters. The zero-order valence-corrected chi connectivity index (χ0v) is 12.6. The van der Waals surface area contributed by atoms with Crippen LogP contribution in [0.25, 0.3) is 22.2 Å². The Morgan fingerprint density at radius 1 is 1.04 bits per heavy atom. The van der Waals surface area contributed by atoms with Gasteiger partial charge in [0.2, 0.25) is 5.88 Å². The number of aromatic carboxylic acids is 1. The van der Waals surface area contributed by atoms with Crippen molar-refractivity contribution in [2.45, 2.75) is 0 Å². The van der Waals surface area contributed by atoms with E-state index in [0.29, 0.717) is 22.9 Å². The van der Waals surface area contributed by atoms with Crippen LogP contribution in [0.4, 0.5) is 0 Å². The quantitative estimate of drug-likeness (QED) is 0.797. The maximum Gasteiger partial charge on any atom is 0.354 e. The fraction of sp³-hybridized carbons (Fsp3) is 0.118. The second-order valence-electron chi connectivity index (χ2n) is 4.79. The number of fused-ring (bicyclic) bond motifs is 1. The molecule has 0 aliphatic heterocycles. The predicted octanol–water partition coefficient (Wildman–Crippen LogP) is 3.01. The van der Waals surface area contributed by atoms with Crippen LogP contribution >= 0.6 is 0 Å². The maximum atomic E-state index is 11.2. The van der Waals surface area contributed by atoms with Gasteiger partial charge in [-0.05, 0) is 24.3 Å². The van der Waals surface area contributed by atoms with Crippen molar-refractivity contribution in [3.8, 4) is 22.9 Å². The summed E-state index contributed by atoms with van der Waals surface area (Å²) in [7, 11) is 3.01. The summed E-state index contributed by atoms with van der Waals surface area (Å²) in [4.78, 5) is 19.8. The minimum Gasteiger partial charge on any atom is -0.494 e. The third kappa shape index (κ3) is 2.66. The van der Waals surface area contributed by atoms with Gasteiger partial charge in [0.15, 0.2) is 0 Å². The molecule has 6 heteroatoms. The summed E-state index contributed by atoms with van der Waals surface area (Å²) < 4.78 is 10.7. The lowest BCUT2D eigenvalue weighted by Crippen LogP contribution is -2.03. The highest BCUT2D eigenvalue weighted by Crippen LogP contribution is 2.35. The third-order valence-electron chi connectivity index (χ3n) is 3.43. The number of carboxylic acid groups (broad SMARTS) is 1. The minimum absolute atomic E-state index is 0.0731. The SMILES string of the molecule is COc1ccc(C(=O)O)nc1-c1cc2ccccc2nc1OC. The number of ether oxygens (including phenoxy) is 2. The molecular weight excluding hydrogens is 296 g/mol. The second kappa shape index (κ2) is 5.92. The minimum atomic E-state index is -1.11. The van der Waals surface area contributed by atoms with E-state index < -0.39 is 5.97 Å². The standard InChI is InChI=1S/C17H14N2O4/c1-22-14-8-7-13(17(20)21)18-15(14)11-9-10-5-3-4-6-12(10)19-16(11)23-2/h3-9H,1-2H3,(H,20,21). The molecule has 0 aliphatic carbocycles. The average Bonchev–Trinajstić information content (AvgIpc) is 2.59. The van der Waals surface area contributed by atoms with E-state index in [9.17, 15) is 4.79 Å². The number of rotatable bonds is 4. The van der Waals surface area contributed by atoms with Gasteiger partial charge in [0.1, 0.15) is 17.1 Å². The molecule has 2 aromatic heterocycles. The van der Waals surface area contributed by atoms with Crippen LogP contribution in [0.1, 0.15) is 10.5 Å². The van der Waals surface area contributed by atoms with Crippen LogP contribution in [0.3, 0.4) is 0 Å². The van der Waals surface area contributed by atoms with Crippen molar-refractivity contribution in [2.75, 3.05) is 14.2 Å². The molecule has 0 unspecified atom stereocenters. The van der Waals surface area contributed by atoms with Gasteiger partial charge < -0.3 is 14.6 Å². The van der Waals surface area contributed by atoms with E-state index in [2.05, 4.69) is 9.97 Å². The van der Waals surface area contributed by atoms with E-state index in [0.717, 1.165) is 10.9 Å². The van der Waals surface area contributed by atoms with Gasteiger partial charge in [-0.15, -0.1) is 0 Å². The molecule has 0 amide bonds. The average molecular weight is 310 g/mol. The van der Waals surface area contributed by atoms with Gasteiger partial charge in [0.05, 0.1) is 25.3 Å². The van der Waals surface area contributed by atoms with Crippen LogP contribution in [0.5, 0.6) is 11.6 Å². The number of carbonyl (C=O) groups is 1. The summed E-state index contributed by atoms with van der Waals surface area (Å²) in [5.41, 5.74) is 1.66. The number of hydrogen-bond donors (Lipinski definition) is 1. The topological polar surface area (TPSA) is 81.5 Å². The Labute approximate surface area is 132 Å². The molecule has 0 aliphatic rings. The molecule has 6 nitrogen and oxygen atoms in total. The van der Waals surface area contributed by atoms with Gasteiger partial charge in [0, 0.05) is 5.39 Å². The molecular formula is C17H14N2O4. The molecule has 0 saturated heterocycles. The maximum absolute atomic E-state index is 11.2. The first kappa shape index (κ1) is 14.8. The highest BCUT2D eigenvalue weighted by atomic mass is 16.5. The van der Waals surface area contributed by atoms with Gasteiger partial charge in [-0.25, -0.2) is 14.8 Å². The number of para-hydroxylation sites is 1. The predicted molar refractivity (Wildman–Crippen MR) is 85.0 cm³/mol. The molecule has 2 heterocycles. The van der Waals surface area contributed by atoms with Crippen molar-refractivity contribution in [2.24, 2.45) is 0 Å². The van der Waals surface area contributed by atoms with E-state index >= 15 is 0 Å². The molecule has 0 saturated carbocycles. The first-order chi connectivity index (χ1) is 11.1. The van der Waals surface area contributed by atoms with Crippen molar-refractivity contribution < 1.29 is 19.4 Å². The summed E-state index contributed by atoms with van der Waals surface area (Å²) in [6, 6.07) is 12.4. The lowest BCUT2D eigenvalue weighted by Gasteiger charge is -2.12. The number of benzene rings is 1. The van der Waals surface area contributed by atoms with Crippen LogP contribution in [0, 0.1) is 0 Å². The summed E-state index contributed by atoms with van der Waals surface area (Å²) in [6.07, 6.45) is 0. The number of pyridine rings is 2. The Bertz CT molecular complexity index is 893. The Morgan fingerprint density at radius 2 is 1.83 bits per heavy atom. The van der Waals surface area contributed by atoms with Gasteiger partial charge in [-0.1, -0.05) is 18.2 Å². The van der Waals surface area contributed by atoms with Crippen molar-refractivity contribution in [3.63, 3.8) is 0 Å². The van der Waals surface area contributed by atoms with Crippen LogP contribution in [0.2, 0.25) is 0 Å². The fourth-order valence-electron chi connectivity index (χ4n) is 2.35. The monoisotopic (exact) mass is 310 g/mol. The highest BCUT2D eigenvalue weighted by molar-refractivity contribution is 5.89. The van der Waals surface area contributed by atoms with E-state index in [1.807, 2.05) is 30.3 Å². The number of nitrogens with zero attached hydrogens (tertiary/aromatic N) is 2. The Balaban J connectivity index is 2.30. The smallest absolute Gasteiger partial charge is 0.354 e. The van der Waals surface area contributed by atoms with Crippen LogP contribution in [-0.2, 0) is 0 Å². The van der Waals surface area contributed by atoms with Crippen LogP contribution < -0.4 is 9.47 Å². The second-order valence-corrected chi connectivity index (χ2v) is 4.79. The van der Waals surface area contributed by atoms with Crippen LogP contribution in [0.15, 0.2) is 42.5 Å². The molecule has 23 heavy (non-hydrogen) atoms. The first-order valence-corrected chi connectivity index (χ1v) is 6.86. The summed E-state index contributed by atoms with van der Waals surface area (Å²) in [5.74, 6) is -0.302. The number of carboxylic acids is 1. The number of hydrogen-bond acceptors (Lipinski definition) is 5. The number of aromatic nitrogens is 2. The molecule has 3 rings (SSSR count). The molecule has 116 valence electrons. The largest absolute Gasteiger partial charge is 0.494 e. The van der Waals surface area contributed by atoms with E-state index in [1.165, 1.54) is 20.3 Å². The van der Waals surface area contributed by atoms with Crippen molar-refractivity contribution in [1.82, 2.24) is 9.97 Å². The Hall–Kier alpha value is -3.15. The Kier molecular flexibility index (Phi) is 3.80. The summed E-state index contributed by atoms with van der Waals surface area (Å²) >= 11 is 0. The molecule has 1 N–H and O–H groups in total. The summed E-state index contributed by atoms with van der Waals surface area (Å²) in [6.45, 7) is 0. The molecule has 0 radical (unpaired) electrons. The van der Waals surface area contributed by atoms with Gasteiger partial charge in [-0.3, -0.25) is 0 Å². The third-order valence-corrected chi connectivity index (χ3v) is 3.43. The first-order valence-electron chi connectivity index (χ1n) is 6.86. The van der Waals surface area contributed by atoms with Crippen molar-refractivity contribution in [3.05, 3.63) is 48.2 Å². The molecule has 1 aromatic carbocycles. The number of methoxy groups -OCH3 is 2. The van der Waals surface area contributed by atoms with Gasteiger partial charge >= 0.3 is 5.97 Å². The van der Waals surface area contributed by atoms with Crippen molar-refractivity contribution in [1.29, 1.82) is 0 Å². The fourth-order valence-corrected chi connectivity index (χ4v) is 2.35. The van der Waals surface area contributed by atoms with Gasteiger partial charge in [0.25, 0.3) is 0 Å². The highest BCUT2D eigenvalue weighted by Gasteiger charge is 2.18.